The highest BCUT2D eigenvalue weighted by Gasteiger charge is 2.37. The lowest BCUT2D eigenvalue weighted by molar-refractivity contribution is -0.137. The molecule has 1 atom stereocenters. The topological polar surface area (TPSA) is 69.6 Å². The molecule has 2 N–H and O–H groups in total. The van der Waals surface area contributed by atoms with Gasteiger partial charge in [-0.3, -0.25) is 4.79 Å². The number of aliphatic carboxylic acids is 1. The quantitative estimate of drug-likeness (QED) is 0.676. The minimum atomic E-state index is -0.853. The second-order valence-electron chi connectivity index (χ2n) is 5.16. The molecule has 100 valence electrons. The summed E-state index contributed by atoms with van der Waals surface area (Å²) in [6, 6.07) is -0.0516. The van der Waals surface area contributed by atoms with Crippen molar-refractivity contribution < 1.29 is 14.7 Å². The number of rotatable bonds is 7. The average Bonchev–Trinajstić information content (AvgIpc) is 3.17. The van der Waals surface area contributed by atoms with Crippen molar-refractivity contribution in [1.82, 2.24) is 10.2 Å². The van der Waals surface area contributed by atoms with Gasteiger partial charge >= 0.3 is 12.0 Å². The molecule has 18 heavy (non-hydrogen) atoms. The molecule has 2 rings (SSSR count). The van der Waals surface area contributed by atoms with Crippen LogP contribution in [-0.2, 0) is 4.79 Å². The zero-order valence-electron chi connectivity index (χ0n) is 10.5. The second-order valence-corrected chi connectivity index (χ2v) is 5.16. The third kappa shape index (κ3) is 3.48. The zero-order chi connectivity index (χ0) is 13.1. The van der Waals surface area contributed by atoms with E-state index in [0.717, 1.165) is 25.7 Å². The molecule has 2 saturated carbocycles. The normalized spacial score (nSPS) is 20.0. The summed E-state index contributed by atoms with van der Waals surface area (Å²) in [5.41, 5.74) is 0. The predicted octanol–water partition coefficient (Wildman–Crippen LogP) is 1.60. The summed E-state index contributed by atoms with van der Waals surface area (Å²) in [5, 5.41) is 11.7. The number of nitrogens with zero attached hydrogens (tertiary/aromatic N) is 1. The van der Waals surface area contributed by atoms with Crippen molar-refractivity contribution in [1.29, 1.82) is 0 Å². The number of carboxylic acid groups (broad SMARTS) is 1. The Kier molecular flexibility index (Phi) is 3.89. The van der Waals surface area contributed by atoms with Gasteiger partial charge in [0.15, 0.2) is 0 Å². The van der Waals surface area contributed by atoms with E-state index in [2.05, 4.69) is 11.9 Å². The molecule has 0 aliphatic heterocycles. The van der Waals surface area contributed by atoms with E-state index in [-0.39, 0.29) is 18.5 Å². The molecule has 2 aliphatic carbocycles. The van der Waals surface area contributed by atoms with E-state index in [4.69, 9.17) is 5.11 Å². The summed E-state index contributed by atoms with van der Waals surface area (Å²) in [4.78, 5) is 24.7. The summed E-state index contributed by atoms with van der Waals surface area (Å²) in [7, 11) is 0. The molecule has 0 spiro atoms. The Bertz CT molecular complexity index is 348. The van der Waals surface area contributed by atoms with Crippen LogP contribution in [0.2, 0.25) is 0 Å². The first-order valence-electron chi connectivity index (χ1n) is 6.51. The van der Waals surface area contributed by atoms with Crippen molar-refractivity contribution in [2.75, 3.05) is 6.54 Å². The van der Waals surface area contributed by atoms with E-state index in [9.17, 15) is 9.59 Å². The smallest absolute Gasteiger partial charge is 0.318 e. The van der Waals surface area contributed by atoms with Crippen LogP contribution in [0.3, 0.4) is 0 Å². The molecule has 0 heterocycles. The van der Waals surface area contributed by atoms with Crippen LogP contribution < -0.4 is 5.32 Å². The summed E-state index contributed by atoms with van der Waals surface area (Å²) in [6.07, 6.45) is 5.83. The van der Waals surface area contributed by atoms with Crippen molar-refractivity contribution in [3.05, 3.63) is 12.7 Å². The molecule has 0 saturated heterocycles. The van der Waals surface area contributed by atoms with E-state index in [1.54, 1.807) is 11.0 Å². The van der Waals surface area contributed by atoms with Crippen molar-refractivity contribution in [2.24, 2.45) is 5.92 Å². The third-order valence-corrected chi connectivity index (χ3v) is 3.47. The molecule has 5 heteroatoms. The zero-order valence-corrected chi connectivity index (χ0v) is 10.5. The Balaban J connectivity index is 1.89. The van der Waals surface area contributed by atoms with Gasteiger partial charge in [0, 0.05) is 18.6 Å². The minimum absolute atomic E-state index is 0.0169. The maximum Gasteiger partial charge on any atom is 0.318 e. The van der Waals surface area contributed by atoms with Crippen LogP contribution in [0.4, 0.5) is 4.79 Å². The molecule has 2 amide bonds. The molecular weight excluding hydrogens is 232 g/mol. The third-order valence-electron chi connectivity index (χ3n) is 3.47. The number of carbonyl (C=O) groups is 2. The Morgan fingerprint density at radius 3 is 2.50 bits per heavy atom. The Labute approximate surface area is 107 Å². The minimum Gasteiger partial charge on any atom is -0.481 e. The Morgan fingerprint density at radius 2 is 2.06 bits per heavy atom. The van der Waals surface area contributed by atoms with E-state index in [1.165, 1.54) is 0 Å². The largest absolute Gasteiger partial charge is 0.481 e. The van der Waals surface area contributed by atoms with Gasteiger partial charge in [0.25, 0.3) is 0 Å². The number of amides is 2. The molecule has 0 bridgehead atoms. The van der Waals surface area contributed by atoms with Gasteiger partial charge in [0.05, 0.1) is 6.42 Å². The van der Waals surface area contributed by atoms with Gasteiger partial charge < -0.3 is 15.3 Å². The van der Waals surface area contributed by atoms with E-state index < -0.39 is 5.97 Å². The van der Waals surface area contributed by atoms with Crippen molar-refractivity contribution in [2.45, 2.75) is 44.2 Å². The first-order chi connectivity index (χ1) is 8.61. The van der Waals surface area contributed by atoms with Crippen LogP contribution in [0.25, 0.3) is 0 Å². The van der Waals surface area contributed by atoms with Gasteiger partial charge in [-0.05, 0) is 31.6 Å². The number of nitrogens with one attached hydrogen (secondary N) is 1. The van der Waals surface area contributed by atoms with Crippen LogP contribution in [0.15, 0.2) is 12.7 Å². The molecule has 2 aliphatic rings. The van der Waals surface area contributed by atoms with Gasteiger partial charge in [0.2, 0.25) is 0 Å². The standard InChI is InChI=1S/C13H20N2O3/c1-2-7-15(10-5-6-10)13(18)14-11(8-12(16)17)9-3-4-9/h2,9-11H,1,3-8H2,(H,14,18)(H,16,17). The lowest BCUT2D eigenvalue weighted by Crippen LogP contribution is -2.47. The Hall–Kier alpha value is -1.52. The molecular formula is C13H20N2O3. The predicted molar refractivity (Wildman–Crippen MR) is 67.2 cm³/mol. The fraction of sp³-hybridized carbons (Fsp3) is 0.692. The summed E-state index contributed by atoms with van der Waals surface area (Å²) >= 11 is 0. The highest BCUT2D eigenvalue weighted by Crippen LogP contribution is 2.34. The second kappa shape index (κ2) is 5.42. The maximum atomic E-state index is 12.1. The highest BCUT2D eigenvalue weighted by atomic mass is 16.4. The number of hydrogen-bond donors (Lipinski definition) is 2. The van der Waals surface area contributed by atoms with Crippen LogP contribution in [0.5, 0.6) is 0 Å². The van der Waals surface area contributed by atoms with Crippen molar-refractivity contribution in [3.8, 4) is 0 Å². The molecule has 2 fully saturated rings. The molecule has 1 unspecified atom stereocenters. The maximum absolute atomic E-state index is 12.1. The fourth-order valence-electron chi connectivity index (χ4n) is 2.19. The number of hydrogen-bond acceptors (Lipinski definition) is 2. The summed E-state index contributed by atoms with van der Waals surface area (Å²) < 4.78 is 0. The number of carboxylic acids is 1. The van der Waals surface area contributed by atoms with Crippen molar-refractivity contribution in [3.63, 3.8) is 0 Å². The van der Waals surface area contributed by atoms with E-state index >= 15 is 0 Å². The van der Waals surface area contributed by atoms with Gasteiger partial charge in [-0.15, -0.1) is 6.58 Å². The molecule has 0 aromatic heterocycles. The Morgan fingerprint density at radius 1 is 1.39 bits per heavy atom. The fourth-order valence-corrected chi connectivity index (χ4v) is 2.19. The van der Waals surface area contributed by atoms with Crippen LogP contribution in [0, 0.1) is 5.92 Å². The molecule has 0 radical (unpaired) electrons. The van der Waals surface area contributed by atoms with Gasteiger partial charge in [-0.2, -0.15) is 0 Å². The average molecular weight is 252 g/mol. The monoisotopic (exact) mass is 252 g/mol. The summed E-state index contributed by atoms with van der Waals surface area (Å²) in [6.45, 7) is 4.18. The SMILES string of the molecule is C=CCN(C(=O)NC(CC(=O)O)C1CC1)C1CC1. The van der Waals surface area contributed by atoms with E-state index in [0.29, 0.717) is 18.5 Å². The van der Waals surface area contributed by atoms with Crippen LogP contribution >= 0.6 is 0 Å². The molecule has 0 aromatic rings. The first kappa shape index (κ1) is 12.9. The van der Waals surface area contributed by atoms with Crippen molar-refractivity contribution >= 4 is 12.0 Å². The molecule has 5 nitrogen and oxygen atoms in total. The highest BCUT2D eigenvalue weighted by molar-refractivity contribution is 5.77. The van der Waals surface area contributed by atoms with Gasteiger partial charge in [0.1, 0.15) is 0 Å². The van der Waals surface area contributed by atoms with Crippen LogP contribution in [-0.4, -0.2) is 40.6 Å². The van der Waals surface area contributed by atoms with Gasteiger partial charge in [-0.1, -0.05) is 6.08 Å². The lowest BCUT2D eigenvalue weighted by Gasteiger charge is -2.25. The van der Waals surface area contributed by atoms with E-state index in [1.807, 2.05) is 0 Å². The summed E-state index contributed by atoms with van der Waals surface area (Å²) in [5.74, 6) is -0.510. The lowest BCUT2D eigenvalue weighted by atomic mass is 10.1. The molecule has 0 aromatic carbocycles. The number of carbonyl (C=O) groups excluding carboxylic acids is 1. The van der Waals surface area contributed by atoms with Crippen LogP contribution in [0.1, 0.15) is 32.1 Å². The number of urea groups is 1. The van der Waals surface area contributed by atoms with Gasteiger partial charge in [-0.25, -0.2) is 4.79 Å². The first-order valence-corrected chi connectivity index (χ1v) is 6.51.